The smallest absolute Gasteiger partial charge is 0.248 e. The van der Waals surface area contributed by atoms with Crippen molar-refractivity contribution in [2.24, 2.45) is 0 Å². The van der Waals surface area contributed by atoms with Crippen LogP contribution in [0.25, 0.3) is 22.2 Å². The van der Waals surface area contributed by atoms with Crippen LogP contribution in [0.4, 0.5) is 11.6 Å². The van der Waals surface area contributed by atoms with Gasteiger partial charge in [0, 0.05) is 60.1 Å². The fourth-order valence-corrected chi connectivity index (χ4v) is 5.14. The first-order chi connectivity index (χ1) is 19.9. The van der Waals surface area contributed by atoms with Crippen molar-refractivity contribution in [1.82, 2.24) is 24.8 Å². The molecule has 0 aliphatic carbocycles. The predicted molar refractivity (Wildman–Crippen MR) is 164 cm³/mol. The summed E-state index contributed by atoms with van der Waals surface area (Å²) in [6.07, 6.45) is 8.96. The van der Waals surface area contributed by atoms with Gasteiger partial charge in [0.15, 0.2) is 0 Å². The van der Waals surface area contributed by atoms with Gasteiger partial charge < -0.3 is 25.4 Å². The molecule has 10 heteroatoms. The maximum absolute atomic E-state index is 13.1. The Morgan fingerprint density at radius 2 is 1.98 bits per heavy atom. The van der Waals surface area contributed by atoms with E-state index in [4.69, 9.17) is 16.6 Å². The van der Waals surface area contributed by atoms with Crippen molar-refractivity contribution < 1.29 is 9.59 Å². The summed E-state index contributed by atoms with van der Waals surface area (Å²) in [5.74, 6) is 0.375. The third-order valence-corrected chi connectivity index (χ3v) is 7.29. The van der Waals surface area contributed by atoms with E-state index in [-0.39, 0.29) is 17.9 Å². The summed E-state index contributed by atoms with van der Waals surface area (Å²) in [7, 11) is 3.89. The number of aromatic nitrogens is 3. The van der Waals surface area contributed by atoms with Gasteiger partial charge in [0.05, 0.1) is 23.3 Å². The van der Waals surface area contributed by atoms with Gasteiger partial charge in [-0.15, -0.1) is 0 Å². The number of nitrogens with zero attached hydrogens (tertiary/aromatic N) is 4. The number of likely N-dealkylation sites (N-methyl/N-ethyl adjacent to an activating group) is 1. The van der Waals surface area contributed by atoms with Crippen LogP contribution in [0, 0.1) is 0 Å². The molecular formula is C31H34ClN7O2. The molecule has 9 nitrogen and oxygen atoms in total. The second kappa shape index (κ2) is 13.0. The zero-order valence-electron chi connectivity index (χ0n) is 23.2. The zero-order chi connectivity index (χ0) is 28.8. The van der Waals surface area contributed by atoms with Crippen molar-refractivity contribution in [3.05, 3.63) is 83.7 Å². The number of nitrogens with one attached hydrogen (secondary N) is 3. The molecule has 1 aliphatic heterocycles. The monoisotopic (exact) mass is 571 g/mol. The van der Waals surface area contributed by atoms with Gasteiger partial charge in [-0.05, 0) is 50.7 Å². The van der Waals surface area contributed by atoms with Gasteiger partial charge >= 0.3 is 0 Å². The molecule has 2 aromatic carbocycles. The molecule has 0 saturated carbocycles. The van der Waals surface area contributed by atoms with Gasteiger partial charge in [-0.3, -0.25) is 9.59 Å². The first kappa shape index (κ1) is 28.3. The number of carbonyl (C=O) groups excluding carboxylic acids is 2. The van der Waals surface area contributed by atoms with Crippen molar-refractivity contribution in [2.75, 3.05) is 44.4 Å². The number of halogens is 1. The number of rotatable bonds is 9. The van der Waals surface area contributed by atoms with Crippen LogP contribution >= 0.6 is 11.6 Å². The number of para-hydroxylation sites is 1. The van der Waals surface area contributed by atoms with E-state index in [1.807, 2.05) is 84.7 Å². The van der Waals surface area contributed by atoms with Crippen LogP contribution < -0.4 is 10.6 Å². The first-order valence-corrected chi connectivity index (χ1v) is 14.1. The molecule has 1 fully saturated rings. The number of aromatic amines is 1. The third kappa shape index (κ3) is 7.31. The number of likely N-dealkylation sites (tertiary alicyclic amines) is 1. The Morgan fingerprint density at radius 3 is 2.78 bits per heavy atom. The molecule has 3 N–H and O–H groups in total. The van der Waals surface area contributed by atoms with E-state index >= 15 is 0 Å². The van der Waals surface area contributed by atoms with E-state index < -0.39 is 0 Å². The summed E-state index contributed by atoms with van der Waals surface area (Å²) in [4.78, 5) is 41.5. The normalized spacial score (nSPS) is 15.5. The Labute approximate surface area is 244 Å². The minimum absolute atomic E-state index is 0.0304. The molecule has 0 radical (unpaired) electrons. The minimum atomic E-state index is -0.180. The van der Waals surface area contributed by atoms with E-state index in [0.29, 0.717) is 48.4 Å². The zero-order valence-corrected chi connectivity index (χ0v) is 24.0. The molecule has 5 rings (SSSR count). The average Bonchev–Trinajstić information content (AvgIpc) is 3.39. The van der Waals surface area contributed by atoms with Crippen molar-refractivity contribution in [2.45, 2.75) is 25.3 Å². The van der Waals surface area contributed by atoms with Gasteiger partial charge in [-0.2, -0.15) is 0 Å². The number of carbonyl (C=O) groups is 2. The maximum atomic E-state index is 13.1. The summed E-state index contributed by atoms with van der Waals surface area (Å²) < 4.78 is 0. The SMILES string of the molecule is CN(C)C/C=C/C(=O)Nc1ccc(CC(=O)N2CCCC(Nc3ncc(Cl)c(-c4c[nH]c5ccccc45)n3)C2)cc1. The number of anilines is 2. The Balaban J connectivity index is 1.17. The second-order valence-corrected chi connectivity index (χ2v) is 10.9. The highest BCUT2D eigenvalue weighted by Gasteiger charge is 2.25. The number of amides is 2. The van der Waals surface area contributed by atoms with Gasteiger partial charge in [0.1, 0.15) is 0 Å². The van der Waals surface area contributed by atoms with Crippen molar-refractivity contribution in [3.63, 3.8) is 0 Å². The highest BCUT2D eigenvalue weighted by molar-refractivity contribution is 6.33. The Hall–Kier alpha value is -4.21. The summed E-state index contributed by atoms with van der Waals surface area (Å²) in [6.45, 7) is 1.98. The number of fused-ring (bicyclic) bond motifs is 1. The number of H-pyrrole nitrogens is 1. The molecule has 41 heavy (non-hydrogen) atoms. The molecule has 1 atom stereocenters. The fourth-order valence-electron chi connectivity index (χ4n) is 4.94. The van der Waals surface area contributed by atoms with E-state index in [2.05, 4.69) is 20.6 Å². The topological polar surface area (TPSA) is 106 Å². The van der Waals surface area contributed by atoms with Crippen LogP contribution in [0.5, 0.6) is 0 Å². The number of hydrogen-bond acceptors (Lipinski definition) is 6. The molecular weight excluding hydrogens is 538 g/mol. The van der Waals surface area contributed by atoms with Gasteiger partial charge in [0.2, 0.25) is 17.8 Å². The lowest BCUT2D eigenvalue weighted by molar-refractivity contribution is -0.131. The van der Waals surface area contributed by atoms with Gasteiger partial charge in [-0.25, -0.2) is 9.97 Å². The standard InChI is InChI=1S/C31H34ClN7O2/c1-38(2)15-6-10-28(40)35-22-13-11-21(12-14-22)17-29(41)39-16-5-7-23(20-39)36-31-34-19-26(32)30(37-31)25-18-33-27-9-4-3-8-24(25)27/h3-4,6,8-14,18-19,23,33H,5,7,15-17,20H2,1-2H3,(H,35,40)(H,34,36,37)/b10-6+. The summed E-state index contributed by atoms with van der Waals surface area (Å²) in [6, 6.07) is 15.5. The van der Waals surface area contributed by atoms with E-state index in [1.165, 1.54) is 6.08 Å². The van der Waals surface area contributed by atoms with Gasteiger partial charge in [-0.1, -0.05) is 48.0 Å². The highest BCUT2D eigenvalue weighted by atomic mass is 35.5. The largest absolute Gasteiger partial charge is 0.360 e. The summed E-state index contributed by atoms with van der Waals surface area (Å²) in [5.41, 5.74) is 4.19. The molecule has 3 heterocycles. The minimum Gasteiger partial charge on any atom is -0.360 e. The number of piperidine rings is 1. The second-order valence-electron chi connectivity index (χ2n) is 10.5. The summed E-state index contributed by atoms with van der Waals surface area (Å²) in [5, 5.41) is 7.78. The molecule has 1 saturated heterocycles. The number of benzene rings is 2. The van der Waals surface area contributed by atoms with E-state index in [9.17, 15) is 9.59 Å². The quantitative estimate of drug-likeness (QED) is 0.245. The maximum Gasteiger partial charge on any atom is 0.248 e. The highest BCUT2D eigenvalue weighted by Crippen LogP contribution is 2.32. The lowest BCUT2D eigenvalue weighted by Gasteiger charge is -2.33. The molecule has 1 aliphatic rings. The van der Waals surface area contributed by atoms with Crippen LogP contribution in [-0.4, -0.2) is 76.3 Å². The predicted octanol–water partition coefficient (Wildman–Crippen LogP) is 4.98. The van der Waals surface area contributed by atoms with Crippen molar-refractivity contribution in [3.8, 4) is 11.3 Å². The van der Waals surface area contributed by atoms with E-state index in [0.717, 1.165) is 34.9 Å². The Kier molecular flexibility index (Phi) is 8.96. The van der Waals surface area contributed by atoms with Crippen LogP contribution in [0.15, 0.2) is 73.1 Å². The molecule has 0 spiro atoms. The van der Waals surface area contributed by atoms with Crippen LogP contribution in [0.3, 0.4) is 0 Å². The Bertz CT molecular complexity index is 1550. The summed E-state index contributed by atoms with van der Waals surface area (Å²) >= 11 is 6.49. The molecule has 1 unspecified atom stereocenters. The molecule has 212 valence electrons. The van der Waals surface area contributed by atoms with Gasteiger partial charge in [0.25, 0.3) is 0 Å². The first-order valence-electron chi connectivity index (χ1n) is 13.7. The van der Waals surface area contributed by atoms with Crippen LogP contribution in [-0.2, 0) is 16.0 Å². The Morgan fingerprint density at radius 1 is 1.17 bits per heavy atom. The average molecular weight is 572 g/mol. The lowest BCUT2D eigenvalue weighted by atomic mass is 10.0. The van der Waals surface area contributed by atoms with Crippen molar-refractivity contribution >= 4 is 46.0 Å². The van der Waals surface area contributed by atoms with E-state index in [1.54, 1.807) is 6.20 Å². The molecule has 2 aromatic heterocycles. The number of hydrogen-bond donors (Lipinski definition) is 3. The molecule has 2 amide bonds. The fraction of sp³-hybridized carbons (Fsp3) is 0.290. The molecule has 0 bridgehead atoms. The lowest BCUT2D eigenvalue weighted by Crippen LogP contribution is -2.45. The molecule has 4 aromatic rings. The van der Waals surface area contributed by atoms with Crippen molar-refractivity contribution in [1.29, 1.82) is 0 Å². The third-order valence-electron chi connectivity index (χ3n) is 7.01. The van der Waals surface area contributed by atoms with Crippen LogP contribution in [0.1, 0.15) is 18.4 Å². The van der Waals surface area contributed by atoms with Crippen LogP contribution in [0.2, 0.25) is 5.02 Å².